The van der Waals surface area contributed by atoms with Gasteiger partial charge in [0, 0.05) is 18.3 Å². The lowest BCUT2D eigenvalue weighted by atomic mass is 10.3. The van der Waals surface area contributed by atoms with E-state index in [0.29, 0.717) is 11.4 Å². The molecular weight excluding hydrogens is 304 g/mol. The van der Waals surface area contributed by atoms with Crippen LogP contribution in [0.2, 0.25) is 0 Å². The first kappa shape index (κ1) is 16.6. The zero-order chi connectivity index (χ0) is 16.3. The van der Waals surface area contributed by atoms with Crippen molar-refractivity contribution in [3.8, 4) is 5.75 Å². The predicted octanol–water partition coefficient (Wildman–Crippen LogP) is 2.12. The lowest BCUT2D eigenvalue weighted by Gasteiger charge is -2.29. The number of nitrogens with one attached hydrogen (secondary N) is 1. The van der Waals surface area contributed by atoms with Crippen LogP contribution in [0.3, 0.4) is 0 Å². The molecule has 0 aliphatic heterocycles. The quantitative estimate of drug-likeness (QED) is 0.869. The predicted molar refractivity (Wildman–Crippen MR) is 86.0 cm³/mol. The second kappa shape index (κ2) is 6.56. The molecule has 7 heteroatoms. The number of carbonyl (C=O) groups is 1. The Bertz CT molecular complexity index is 641. The molecule has 0 heterocycles. The number of rotatable bonds is 6. The number of ether oxygens (including phenoxy) is 1. The highest BCUT2D eigenvalue weighted by Crippen LogP contribution is 2.31. The Kier molecular flexibility index (Phi) is 4.95. The van der Waals surface area contributed by atoms with Crippen molar-refractivity contribution < 1.29 is 17.9 Å². The van der Waals surface area contributed by atoms with E-state index >= 15 is 0 Å². The van der Waals surface area contributed by atoms with Crippen LogP contribution in [0.4, 0.5) is 10.5 Å². The van der Waals surface area contributed by atoms with E-state index in [0.717, 1.165) is 12.8 Å². The maximum Gasteiger partial charge on any atom is 0.322 e. The van der Waals surface area contributed by atoms with Gasteiger partial charge in [0.15, 0.2) is 0 Å². The van der Waals surface area contributed by atoms with Gasteiger partial charge in [0.25, 0.3) is 0 Å². The van der Waals surface area contributed by atoms with Crippen molar-refractivity contribution in [1.82, 2.24) is 4.90 Å². The average molecular weight is 326 g/mol. The van der Waals surface area contributed by atoms with Gasteiger partial charge in [0.1, 0.15) is 15.6 Å². The molecule has 0 bridgehead atoms. The van der Waals surface area contributed by atoms with Gasteiger partial charge < -0.3 is 15.0 Å². The Morgan fingerprint density at radius 3 is 2.59 bits per heavy atom. The standard InChI is InChI=1S/C15H22N2O4S/c1-11(10-22(3,19)20)17(12-8-9-12)15(18)16-13-6-4-5-7-14(13)21-2/h4-7,11-12H,8-10H2,1-3H3,(H,16,18)/t11-/m0/s1. The van der Waals surface area contributed by atoms with Crippen LogP contribution in [0.15, 0.2) is 24.3 Å². The van der Waals surface area contributed by atoms with Crippen LogP contribution in [0.1, 0.15) is 19.8 Å². The van der Waals surface area contributed by atoms with Gasteiger partial charge >= 0.3 is 6.03 Å². The molecular formula is C15H22N2O4S. The summed E-state index contributed by atoms with van der Waals surface area (Å²) in [6, 6.07) is 6.60. The summed E-state index contributed by atoms with van der Waals surface area (Å²) in [6.45, 7) is 1.77. The highest BCUT2D eigenvalue weighted by molar-refractivity contribution is 7.90. The van der Waals surface area contributed by atoms with Gasteiger partial charge in [0.2, 0.25) is 0 Å². The molecule has 22 heavy (non-hydrogen) atoms. The molecule has 0 radical (unpaired) electrons. The van der Waals surface area contributed by atoms with Gasteiger partial charge in [-0.2, -0.15) is 0 Å². The fourth-order valence-corrected chi connectivity index (χ4v) is 3.56. The molecule has 0 spiro atoms. The number of urea groups is 1. The number of methoxy groups -OCH3 is 1. The van der Waals surface area contributed by atoms with Crippen LogP contribution in [0, 0.1) is 0 Å². The van der Waals surface area contributed by atoms with E-state index in [1.54, 1.807) is 30.0 Å². The first-order valence-corrected chi connectivity index (χ1v) is 9.28. The normalized spacial score (nSPS) is 16.0. The van der Waals surface area contributed by atoms with Crippen molar-refractivity contribution in [2.75, 3.05) is 24.4 Å². The molecule has 2 rings (SSSR count). The Hall–Kier alpha value is -1.76. The smallest absolute Gasteiger partial charge is 0.322 e. The van der Waals surface area contributed by atoms with Crippen molar-refractivity contribution >= 4 is 21.6 Å². The van der Waals surface area contributed by atoms with Crippen molar-refractivity contribution in [2.24, 2.45) is 0 Å². The number of para-hydroxylation sites is 2. The minimum absolute atomic E-state index is 0.0388. The summed E-state index contributed by atoms with van der Waals surface area (Å²) in [4.78, 5) is 14.2. The Balaban J connectivity index is 2.13. The Morgan fingerprint density at radius 2 is 2.05 bits per heavy atom. The van der Waals surface area contributed by atoms with Gasteiger partial charge in [-0.25, -0.2) is 13.2 Å². The van der Waals surface area contributed by atoms with Gasteiger partial charge in [-0.1, -0.05) is 12.1 Å². The topological polar surface area (TPSA) is 75.7 Å². The monoisotopic (exact) mass is 326 g/mol. The van der Waals surface area contributed by atoms with Crippen molar-refractivity contribution in [1.29, 1.82) is 0 Å². The molecule has 122 valence electrons. The number of benzene rings is 1. The first-order valence-electron chi connectivity index (χ1n) is 7.22. The number of hydrogen-bond donors (Lipinski definition) is 1. The molecule has 1 atom stereocenters. The molecule has 1 N–H and O–H groups in total. The third-order valence-electron chi connectivity index (χ3n) is 3.54. The number of hydrogen-bond acceptors (Lipinski definition) is 4. The summed E-state index contributed by atoms with van der Waals surface area (Å²) in [5.74, 6) is 0.533. The van der Waals surface area contributed by atoms with E-state index in [9.17, 15) is 13.2 Å². The molecule has 1 saturated carbocycles. The Morgan fingerprint density at radius 1 is 1.41 bits per heavy atom. The zero-order valence-electron chi connectivity index (χ0n) is 13.1. The summed E-state index contributed by atoms with van der Waals surface area (Å²) in [7, 11) is -1.60. The first-order chi connectivity index (χ1) is 10.3. The van der Waals surface area contributed by atoms with E-state index in [4.69, 9.17) is 4.74 Å². The summed E-state index contributed by atoms with van der Waals surface area (Å²) < 4.78 is 28.2. The van der Waals surface area contributed by atoms with Crippen molar-refractivity contribution in [2.45, 2.75) is 31.8 Å². The van der Waals surface area contributed by atoms with Crippen LogP contribution in [0.25, 0.3) is 0 Å². The van der Waals surface area contributed by atoms with Crippen LogP contribution in [0.5, 0.6) is 5.75 Å². The van der Waals surface area contributed by atoms with Gasteiger partial charge in [0.05, 0.1) is 18.6 Å². The number of sulfone groups is 1. The molecule has 0 aromatic heterocycles. The van der Waals surface area contributed by atoms with E-state index in [2.05, 4.69) is 5.32 Å². The minimum Gasteiger partial charge on any atom is -0.495 e. The number of amides is 2. The summed E-state index contributed by atoms with van der Waals surface area (Å²) in [5.41, 5.74) is 0.576. The highest BCUT2D eigenvalue weighted by Gasteiger charge is 2.37. The zero-order valence-corrected chi connectivity index (χ0v) is 13.9. The Labute approximate surface area is 131 Å². The molecule has 0 saturated heterocycles. The number of carbonyl (C=O) groups excluding carboxylic acids is 1. The minimum atomic E-state index is -3.14. The lowest BCUT2D eigenvalue weighted by Crippen LogP contribution is -2.46. The molecule has 1 aliphatic carbocycles. The average Bonchev–Trinajstić information content (AvgIpc) is 3.22. The second-order valence-corrected chi connectivity index (χ2v) is 7.90. The van der Waals surface area contributed by atoms with Crippen LogP contribution < -0.4 is 10.1 Å². The van der Waals surface area contributed by atoms with E-state index in [1.165, 1.54) is 13.4 Å². The highest BCUT2D eigenvalue weighted by atomic mass is 32.2. The molecule has 1 aromatic rings. The SMILES string of the molecule is COc1ccccc1NC(=O)N(C1CC1)[C@@H](C)CS(C)(=O)=O. The van der Waals surface area contributed by atoms with E-state index in [-0.39, 0.29) is 23.9 Å². The summed E-state index contributed by atoms with van der Waals surface area (Å²) in [6.07, 6.45) is 3.01. The van der Waals surface area contributed by atoms with Crippen molar-refractivity contribution in [3.05, 3.63) is 24.3 Å². The van der Waals surface area contributed by atoms with Gasteiger partial charge in [-0.05, 0) is 31.9 Å². The van der Waals surface area contributed by atoms with Crippen LogP contribution in [-0.2, 0) is 9.84 Å². The molecule has 1 fully saturated rings. The molecule has 1 aromatic carbocycles. The molecule has 1 aliphatic rings. The third-order valence-corrected chi connectivity index (χ3v) is 4.63. The second-order valence-electron chi connectivity index (χ2n) is 5.71. The molecule has 0 unspecified atom stereocenters. The fourth-order valence-electron chi connectivity index (χ4n) is 2.52. The number of anilines is 1. The maximum absolute atomic E-state index is 12.6. The van der Waals surface area contributed by atoms with Crippen LogP contribution in [-0.4, -0.2) is 50.6 Å². The molecule has 6 nitrogen and oxygen atoms in total. The van der Waals surface area contributed by atoms with Crippen LogP contribution >= 0.6 is 0 Å². The summed E-state index contributed by atoms with van der Waals surface area (Å²) in [5, 5.41) is 2.82. The number of nitrogens with zero attached hydrogens (tertiary/aromatic N) is 1. The van der Waals surface area contributed by atoms with E-state index < -0.39 is 9.84 Å². The summed E-state index contributed by atoms with van der Waals surface area (Å²) >= 11 is 0. The largest absolute Gasteiger partial charge is 0.495 e. The molecule has 2 amide bonds. The lowest BCUT2D eigenvalue weighted by molar-refractivity contribution is 0.194. The van der Waals surface area contributed by atoms with Gasteiger partial charge in [-0.3, -0.25) is 0 Å². The van der Waals surface area contributed by atoms with Crippen molar-refractivity contribution in [3.63, 3.8) is 0 Å². The van der Waals surface area contributed by atoms with Gasteiger partial charge in [-0.15, -0.1) is 0 Å². The third kappa shape index (κ3) is 4.37. The fraction of sp³-hybridized carbons (Fsp3) is 0.533. The maximum atomic E-state index is 12.6. The van der Waals surface area contributed by atoms with E-state index in [1.807, 2.05) is 6.07 Å².